The number of hydrogen-bond donors (Lipinski definition) is 2. The van der Waals surface area contributed by atoms with Crippen LogP contribution in [0.3, 0.4) is 0 Å². The van der Waals surface area contributed by atoms with Crippen molar-refractivity contribution in [2.75, 3.05) is 13.1 Å². The topological polar surface area (TPSA) is 60.8 Å². The molecule has 2 N–H and O–H groups in total. The number of alkyl halides is 3. The maximum absolute atomic E-state index is 13.0. The Hall–Kier alpha value is -1.47. The molecule has 1 saturated heterocycles. The number of nitrogens with zero attached hydrogens (tertiary/aromatic N) is 1. The van der Waals surface area contributed by atoms with Gasteiger partial charge in [0.05, 0.1) is 0 Å². The summed E-state index contributed by atoms with van der Waals surface area (Å²) < 4.78 is 39.1. The van der Waals surface area contributed by atoms with Crippen LogP contribution in [0.5, 0.6) is 5.75 Å². The molecule has 1 unspecified atom stereocenters. The Bertz CT molecular complexity index is 544. The van der Waals surface area contributed by atoms with E-state index in [2.05, 4.69) is 0 Å². The number of phenolic OH excluding ortho intramolecular Hbond substituents is 1. The number of benzene rings is 1. The number of aliphatic carboxylic acids is 1. The number of hydrogen-bond acceptors (Lipinski definition) is 3. The van der Waals surface area contributed by atoms with Crippen molar-refractivity contribution in [3.8, 4) is 5.75 Å². The Kier molecular flexibility index (Phi) is 4.08. The molecule has 0 amide bonds. The van der Waals surface area contributed by atoms with Crippen molar-refractivity contribution < 1.29 is 28.2 Å². The van der Waals surface area contributed by atoms with Crippen LogP contribution in [0.4, 0.5) is 13.2 Å². The van der Waals surface area contributed by atoms with Crippen LogP contribution in [0.25, 0.3) is 0 Å². The van der Waals surface area contributed by atoms with Gasteiger partial charge in [0.2, 0.25) is 0 Å². The molecular formula is C13H13ClF3NO3. The minimum Gasteiger partial charge on any atom is -0.508 e. The lowest BCUT2D eigenvalue weighted by Gasteiger charge is -2.27. The maximum atomic E-state index is 13.0. The fraction of sp³-hybridized carbons (Fsp3) is 0.462. The average molecular weight is 324 g/mol. The van der Waals surface area contributed by atoms with Gasteiger partial charge in [-0.3, -0.25) is 9.69 Å². The molecule has 1 fully saturated rings. The lowest BCUT2D eigenvalue weighted by molar-refractivity contribution is -0.227. The third-order valence-corrected chi connectivity index (χ3v) is 3.87. The molecule has 0 spiro atoms. The normalized spacial score (nSPS) is 23.4. The Morgan fingerprint density at radius 1 is 1.38 bits per heavy atom. The van der Waals surface area contributed by atoms with E-state index in [0.29, 0.717) is 5.56 Å². The van der Waals surface area contributed by atoms with Gasteiger partial charge in [-0.2, -0.15) is 13.2 Å². The molecule has 2 rings (SSSR count). The van der Waals surface area contributed by atoms with E-state index in [9.17, 15) is 23.1 Å². The number of carboxylic acid groups (broad SMARTS) is 1. The highest BCUT2D eigenvalue weighted by atomic mass is 35.5. The number of aromatic hydroxyl groups is 1. The van der Waals surface area contributed by atoms with Crippen LogP contribution < -0.4 is 0 Å². The molecule has 1 aliphatic heterocycles. The molecule has 1 aliphatic rings. The molecule has 4 nitrogen and oxygen atoms in total. The van der Waals surface area contributed by atoms with Crippen LogP contribution in [-0.4, -0.2) is 40.3 Å². The first-order valence-electron chi connectivity index (χ1n) is 6.15. The van der Waals surface area contributed by atoms with Gasteiger partial charge in [0.15, 0.2) is 5.41 Å². The van der Waals surface area contributed by atoms with Gasteiger partial charge in [-0.05, 0) is 30.2 Å². The van der Waals surface area contributed by atoms with E-state index in [1.54, 1.807) is 0 Å². The average Bonchev–Trinajstić information content (AvgIpc) is 2.72. The van der Waals surface area contributed by atoms with E-state index >= 15 is 0 Å². The first-order valence-corrected chi connectivity index (χ1v) is 6.53. The van der Waals surface area contributed by atoms with E-state index in [4.69, 9.17) is 16.7 Å². The van der Waals surface area contributed by atoms with Crippen molar-refractivity contribution in [2.45, 2.75) is 19.1 Å². The smallest absolute Gasteiger partial charge is 0.406 e. The largest absolute Gasteiger partial charge is 0.508 e. The number of carboxylic acids is 1. The number of carbonyl (C=O) groups is 1. The van der Waals surface area contributed by atoms with Crippen molar-refractivity contribution in [1.29, 1.82) is 0 Å². The lowest BCUT2D eigenvalue weighted by Crippen LogP contribution is -2.47. The number of phenols is 1. The van der Waals surface area contributed by atoms with Crippen LogP contribution in [0.2, 0.25) is 5.02 Å². The maximum Gasteiger partial charge on any atom is 0.406 e. The van der Waals surface area contributed by atoms with Crippen molar-refractivity contribution in [3.05, 3.63) is 28.8 Å². The summed E-state index contributed by atoms with van der Waals surface area (Å²) in [5.74, 6) is -1.94. The molecule has 0 aliphatic carbocycles. The quantitative estimate of drug-likeness (QED) is 0.898. The molecule has 0 radical (unpaired) electrons. The highest BCUT2D eigenvalue weighted by molar-refractivity contribution is 6.30. The minimum atomic E-state index is -4.80. The van der Waals surface area contributed by atoms with Gasteiger partial charge in [0.25, 0.3) is 0 Å². The Labute approximate surface area is 123 Å². The second-order valence-corrected chi connectivity index (χ2v) is 5.60. The predicted molar refractivity (Wildman–Crippen MR) is 69.1 cm³/mol. The minimum absolute atomic E-state index is 0.0130. The van der Waals surface area contributed by atoms with E-state index in [1.165, 1.54) is 23.1 Å². The van der Waals surface area contributed by atoms with Gasteiger partial charge in [0, 0.05) is 24.7 Å². The van der Waals surface area contributed by atoms with Gasteiger partial charge in [-0.15, -0.1) is 0 Å². The number of rotatable bonds is 3. The zero-order valence-corrected chi connectivity index (χ0v) is 11.6. The van der Waals surface area contributed by atoms with E-state index in [1.807, 2.05) is 0 Å². The predicted octanol–water partition coefficient (Wildman–Crippen LogP) is 2.88. The first kappa shape index (κ1) is 15.9. The first-order chi connectivity index (χ1) is 9.64. The summed E-state index contributed by atoms with van der Waals surface area (Å²) in [6.45, 7) is -0.503. The fourth-order valence-corrected chi connectivity index (χ4v) is 2.79. The van der Waals surface area contributed by atoms with Crippen LogP contribution in [-0.2, 0) is 11.3 Å². The van der Waals surface area contributed by atoms with E-state index in [0.717, 1.165) is 0 Å². The van der Waals surface area contributed by atoms with Gasteiger partial charge in [0.1, 0.15) is 5.75 Å². The molecule has 0 aromatic heterocycles. The SMILES string of the molecule is O=C(O)C1(C(F)(F)F)CCN(Cc2cc(O)cc(Cl)c2)C1. The zero-order valence-electron chi connectivity index (χ0n) is 10.8. The van der Waals surface area contributed by atoms with Gasteiger partial charge in [-0.1, -0.05) is 11.6 Å². The molecule has 1 aromatic rings. The molecule has 0 bridgehead atoms. The highest BCUT2D eigenvalue weighted by Gasteiger charge is 2.63. The summed E-state index contributed by atoms with van der Waals surface area (Å²) in [7, 11) is 0. The van der Waals surface area contributed by atoms with Crippen molar-refractivity contribution in [1.82, 2.24) is 4.90 Å². The van der Waals surface area contributed by atoms with Crippen LogP contribution in [0, 0.1) is 5.41 Å². The standard InChI is InChI=1S/C13H13ClF3NO3/c14-9-3-8(4-10(19)5-9)6-18-2-1-12(7-18,11(20)21)13(15,16)17/h3-5,19H,1-2,6-7H2,(H,20,21). The van der Waals surface area contributed by atoms with Crippen LogP contribution in [0.1, 0.15) is 12.0 Å². The Morgan fingerprint density at radius 3 is 2.52 bits per heavy atom. The third kappa shape index (κ3) is 3.08. The Morgan fingerprint density at radius 2 is 2.05 bits per heavy atom. The fourth-order valence-electron chi connectivity index (χ4n) is 2.53. The highest BCUT2D eigenvalue weighted by Crippen LogP contribution is 2.46. The molecule has 1 heterocycles. The van der Waals surface area contributed by atoms with Crippen molar-refractivity contribution in [2.24, 2.45) is 5.41 Å². The summed E-state index contributed by atoms with van der Waals surface area (Å²) in [6, 6.07) is 4.22. The van der Waals surface area contributed by atoms with E-state index < -0.39 is 30.5 Å². The molecule has 21 heavy (non-hydrogen) atoms. The van der Waals surface area contributed by atoms with Crippen LogP contribution >= 0.6 is 11.6 Å². The van der Waals surface area contributed by atoms with E-state index in [-0.39, 0.29) is 23.9 Å². The summed E-state index contributed by atoms with van der Waals surface area (Å²) in [4.78, 5) is 12.5. The zero-order chi connectivity index (χ0) is 15.8. The summed E-state index contributed by atoms with van der Waals surface area (Å²) in [5, 5.41) is 18.6. The second kappa shape index (κ2) is 5.38. The lowest BCUT2D eigenvalue weighted by atomic mass is 9.86. The Balaban J connectivity index is 2.16. The van der Waals surface area contributed by atoms with Gasteiger partial charge < -0.3 is 10.2 Å². The monoisotopic (exact) mass is 323 g/mol. The second-order valence-electron chi connectivity index (χ2n) is 5.16. The van der Waals surface area contributed by atoms with Crippen molar-refractivity contribution >= 4 is 17.6 Å². The van der Waals surface area contributed by atoms with Crippen molar-refractivity contribution in [3.63, 3.8) is 0 Å². The molecular weight excluding hydrogens is 311 g/mol. The molecule has 1 atom stereocenters. The van der Waals surface area contributed by atoms with Gasteiger partial charge >= 0.3 is 12.1 Å². The number of likely N-dealkylation sites (tertiary alicyclic amines) is 1. The van der Waals surface area contributed by atoms with Crippen LogP contribution in [0.15, 0.2) is 18.2 Å². The van der Waals surface area contributed by atoms with Gasteiger partial charge in [-0.25, -0.2) is 0 Å². The number of halogens is 4. The molecule has 8 heteroatoms. The molecule has 0 saturated carbocycles. The summed E-state index contributed by atoms with van der Waals surface area (Å²) in [5.41, 5.74) is -2.20. The molecule has 1 aromatic carbocycles. The summed E-state index contributed by atoms with van der Waals surface area (Å²) >= 11 is 5.76. The third-order valence-electron chi connectivity index (χ3n) is 3.65. The molecule has 116 valence electrons. The summed E-state index contributed by atoms with van der Waals surface area (Å²) in [6.07, 6.45) is -5.29.